The number of alkyl halides is 1. The van der Waals surface area contributed by atoms with E-state index in [0.29, 0.717) is 25.4 Å². The average molecular weight is 302 g/mol. The van der Waals surface area contributed by atoms with Crippen LogP contribution in [0.4, 0.5) is 0 Å². The Hall–Kier alpha value is -1.14. The van der Waals surface area contributed by atoms with E-state index in [1.165, 1.54) is 11.3 Å². The first-order valence-corrected chi connectivity index (χ1v) is 7.43. The summed E-state index contributed by atoms with van der Waals surface area (Å²) in [5.74, 6) is -0.00402. The second kappa shape index (κ2) is 5.46. The summed E-state index contributed by atoms with van der Waals surface area (Å²) in [6.45, 7) is 2.78. The maximum absolute atomic E-state index is 12.1. The van der Waals surface area contributed by atoms with Crippen molar-refractivity contribution >= 4 is 34.8 Å². The van der Waals surface area contributed by atoms with Crippen LogP contribution in [-0.4, -0.2) is 34.8 Å². The molecule has 7 heteroatoms. The highest BCUT2D eigenvalue weighted by Crippen LogP contribution is 2.29. The minimum atomic E-state index is -0.597. The van der Waals surface area contributed by atoms with E-state index in [-0.39, 0.29) is 18.2 Å². The largest absolute Gasteiger partial charge is 0.369 e. The first-order valence-electron chi connectivity index (χ1n) is 6.01. The van der Waals surface area contributed by atoms with E-state index in [2.05, 4.69) is 4.98 Å². The summed E-state index contributed by atoms with van der Waals surface area (Å²) in [6.07, 6.45) is 0.884. The van der Waals surface area contributed by atoms with E-state index in [4.69, 9.17) is 17.3 Å². The number of halogens is 1. The van der Waals surface area contributed by atoms with Crippen LogP contribution in [0.5, 0.6) is 0 Å². The molecule has 19 heavy (non-hydrogen) atoms. The summed E-state index contributed by atoms with van der Waals surface area (Å²) < 4.78 is 0. The molecule has 0 aliphatic carbocycles. The van der Waals surface area contributed by atoms with Gasteiger partial charge in [0.25, 0.3) is 0 Å². The quantitative estimate of drug-likeness (QED) is 0.848. The Kier molecular flexibility index (Phi) is 4.10. The van der Waals surface area contributed by atoms with Crippen LogP contribution in [0.1, 0.15) is 24.0 Å². The number of primary amides is 1. The van der Waals surface area contributed by atoms with Gasteiger partial charge in [0.05, 0.1) is 23.4 Å². The molecule has 2 rings (SSSR count). The Balaban J connectivity index is 1.96. The van der Waals surface area contributed by atoms with Gasteiger partial charge in [-0.15, -0.1) is 22.9 Å². The lowest BCUT2D eigenvalue weighted by molar-refractivity contribution is -0.131. The molecule has 1 aliphatic rings. The lowest BCUT2D eigenvalue weighted by atomic mass is 9.89. The molecule has 1 aromatic rings. The maximum Gasteiger partial charge on any atom is 0.229 e. The normalized spacial score (nSPS) is 22.7. The lowest BCUT2D eigenvalue weighted by Crippen LogP contribution is -2.39. The summed E-state index contributed by atoms with van der Waals surface area (Å²) >= 11 is 7.11. The Labute approximate surface area is 120 Å². The van der Waals surface area contributed by atoms with Crippen LogP contribution in [-0.2, 0) is 21.9 Å². The van der Waals surface area contributed by atoms with Crippen molar-refractivity contribution in [1.29, 1.82) is 0 Å². The van der Waals surface area contributed by atoms with Crippen molar-refractivity contribution in [3.05, 3.63) is 16.1 Å². The zero-order valence-corrected chi connectivity index (χ0v) is 12.3. The van der Waals surface area contributed by atoms with E-state index in [1.807, 2.05) is 5.38 Å². The summed E-state index contributed by atoms with van der Waals surface area (Å²) in [7, 11) is 0. The number of likely N-dealkylation sites (tertiary alicyclic amines) is 1. The number of nitrogens with two attached hydrogens (primary N) is 1. The van der Waals surface area contributed by atoms with Crippen molar-refractivity contribution in [2.45, 2.75) is 25.6 Å². The Morgan fingerprint density at radius 3 is 2.89 bits per heavy atom. The monoisotopic (exact) mass is 301 g/mol. The number of hydrogen-bond donors (Lipinski definition) is 1. The number of aromatic nitrogens is 1. The lowest BCUT2D eigenvalue weighted by Gasteiger charge is -2.20. The van der Waals surface area contributed by atoms with Crippen molar-refractivity contribution in [2.24, 2.45) is 11.1 Å². The van der Waals surface area contributed by atoms with Crippen molar-refractivity contribution in [3.63, 3.8) is 0 Å². The molecule has 2 amide bonds. The molecule has 0 aromatic carbocycles. The molecular weight excluding hydrogens is 286 g/mol. The van der Waals surface area contributed by atoms with Gasteiger partial charge in [0, 0.05) is 18.5 Å². The molecule has 0 bridgehead atoms. The van der Waals surface area contributed by atoms with Crippen LogP contribution >= 0.6 is 22.9 Å². The van der Waals surface area contributed by atoms with Crippen molar-refractivity contribution in [3.8, 4) is 0 Å². The highest BCUT2D eigenvalue weighted by atomic mass is 35.5. The Morgan fingerprint density at radius 1 is 1.63 bits per heavy atom. The topological polar surface area (TPSA) is 76.3 Å². The molecule has 1 atom stereocenters. The van der Waals surface area contributed by atoms with Gasteiger partial charge in [-0.3, -0.25) is 9.59 Å². The fourth-order valence-electron chi connectivity index (χ4n) is 2.11. The van der Waals surface area contributed by atoms with Crippen molar-refractivity contribution in [2.75, 3.05) is 13.1 Å². The summed E-state index contributed by atoms with van der Waals surface area (Å²) in [5, 5.41) is 2.61. The maximum atomic E-state index is 12.1. The van der Waals surface area contributed by atoms with Gasteiger partial charge in [0.15, 0.2) is 0 Å². The molecule has 1 aromatic heterocycles. The number of amides is 2. The second-order valence-corrected chi connectivity index (χ2v) is 6.24. The molecule has 0 radical (unpaired) electrons. The zero-order chi connectivity index (χ0) is 14.0. The molecule has 2 N–H and O–H groups in total. The van der Waals surface area contributed by atoms with E-state index in [1.54, 1.807) is 11.8 Å². The van der Waals surface area contributed by atoms with Crippen LogP contribution in [0.2, 0.25) is 0 Å². The standard InChI is InChI=1S/C12H16ClN3O2S/c1-12(11(14)18)2-3-16(7-12)10(17)4-9-15-8(5-13)6-19-9/h6H,2-5,7H2,1H3,(H2,14,18). The molecule has 1 aliphatic heterocycles. The molecule has 0 spiro atoms. The number of carbonyl (C=O) groups is 2. The summed E-state index contributed by atoms with van der Waals surface area (Å²) in [4.78, 5) is 29.4. The number of hydrogen-bond acceptors (Lipinski definition) is 4. The number of rotatable bonds is 4. The molecular formula is C12H16ClN3O2S. The number of carbonyl (C=O) groups excluding carboxylic acids is 2. The van der Waals surface area contributed by atoms with Gasteiger partial charge in [-0.2, -0.15) is 0 Å². The van der Waals surface area contributed by atoms with Gasteiger partial charge in [-0.25, -0.2) is 4.98 Å². The number of thiazole rings is 1. The first-order chi connectivity index (χ1) is 8.94. The van der Waals surface area contributed by atoms with Gasteiger partial charge in [-0.1, -0.05) is 0 Å². The predicted molar refractivity (Wildman–Crippen MR) is 73.9 cm³/mol. The molecule has 0 saturated carbocycles. The third-order valence-electron chi connectivity index (χ3n) is 3.46. The molecule has 1 saturated heterocycles. The smallest absolute Gasteiger partial charge is 0.229 e. The summed E-state index contributed by atoms with van der Waals surface area (Å²) in [5.41, 5.74) is 5.56. The van der Waals surface area contributed by atoms with E-state index >= 15 is 0 Å². The van der Waals surface area contributed by atoms with Crippen LogP contribution in [0.3, 0.4) is 0 Å². The van der Waals surface area contributed by atoms with Crippen molar-refractivity contribution in [1.82, 2.24) is 9.88 Å². The van der Waals surface area contributed by atoms with Crippen LogP contribution < -0.4 is 5.73 Å². The van der Waals surface area contributed by atoms with Crippen LogP contribution in [0, 0.1) is 5.41 Å². The molecule has 1 fully saturated rings. The Morgan fingerprint density at radius 2 is 2.37 bits per heavy atom. The Bertz CT molecular complexity index is 505. The van der Waals surface area contributed by atoms with Gasteiger partial charge < -0.3 is 10.6 Å². The minimum absolute atomic E-state index is 0.0135. The fraction of sp³-hybridized carbons (Fsp3) is 0.583. The van der Waals surface area contributed by atoms with Crippen LogP contribution in [0.15, 0.2) is 5.38 Å². The third kappa shape index (κ3) is 3.06. The van der Waals surface area contributed by atoms with Gasteiger partial charge in [-0.05, 0) is 13.3 Å². The van der Waals surface area contributed by atoms with Crippen LogP contribution in [0.25, 0.3) is 0 Å². The molecule has 104 valence electrons. The van der Waals surface area contributed by atoms with E-state index in [0.717, 1.165) is 10.7 Å². The highest BCUT2D eigenvalue weighted by Gasteiger charge is 2.40. The third-order valence-corrected chi connectivity index (χ3v) is 4.63. The predicted octanol–water partition coefficient (Wildman–Crippen LogP) is 1.15. The molecule has 1 unspecified atom stereocenters. The fourth-order valence-corrected chi connectivity index (χ4v) is 3.12. The second-order valence-electron chi connectivity index (χ2n) is 5.03. The minimum Gasteiger partial charge on any atom is -0.369 e. The molecule has 5 nitrogen and oxygen atoms in total. The number of nitrogens with zero attached hydrogens (tertiary/aromatic N) is 2. The summed E-state index contributed by atoms with van der Waals surface area (Å²) in [6, 6.07) is 0. The zero-order valence-electron chi connectivity index (χ0n) is 10.7. The van der Waals surface area contributed by atoms with Gasteiger partial charge >= 0.3 is 0 Å². The van der Waals surface area contributed by atoms with Gasteiger partial charge in [0.1, 0.15) is 5.01 Å². The SMILES string of the molecule is CC1(C(N)=O)CCN(C(=O)Cc2nc(CCl)cs2)C1. The van der Waals surface area contributed by atoms with Gasteiger partial charge in [0.2, 0.25) is 11.8 Å². The molecule has 2 heterocycles. The van der Waals surface area contributed by atoms with E-state index in [9.17, 15) is 9.59 Å². The van der Waals surface area contributed by atoms with E-state index < -0.39 is 5.41 Å². The average Bonchev–Trinajstić information content (AvgIpc) is 2.96. The van der Waals surface area contributed by atoms with Crippen molar-refractivity contribution < 1.29 is 9.59 Å². The highest BCUT2D eigenvalue weighted by molar-refractivity contribution is 7.09. The first kappa shape index (κ1) is 14.3.